The van der Waals surface area contributed by atoms with E-state index in [1.807, 2.05) is 31.2 Å². The van der Waals surface area contributed by atoms with Crippen LogP contribution >= 0.6 is 15.9 Å². The third-order valence-electron chi connectivity index (χ3n) is 2.53. The summed E-state index contributed by atoms with van der Waals surface area (Å²) in [7, 11) is 0. The van der Waals surface area contributed by atoms with Crippen molar-refractivity contribution < 1.29 is 4.79 Å². The Morgan fingerprint density at radius 3 is 2.69 bits per heavy atom. The number of carbonyl (C=O) groups excluding carboxylic acids is 1. The Bertz CT molecular complexity index is 537. The van der Waals surface area contributed by atoms with Gasteiger partial charge >= 0.3 is 0 Å². The van der Waals surface area contributed by atoms with E-state index in [-0.39, 0.29) is 0 Å². The van der Waals surface area contributed by atoms with Crippen molar-refractivity contribution >= 4 is 22.2 Å². The Balaban J connectivity index is 2.67. The molecular weight excluding hydrogens is 266 g/mol. The molecule has 80 valence electrons. The number of halogens is 1. The summed E-state index contributed by atoms with van der Waals surface area (Å²) in [5.41, 5.74) is 3.68. The van der Waals surface area contributed by atoms with Gasteiger partial charge in [0.05, 0.1) is 0 Å². The van der Waals surface area contributed by atoms with Gasteiger partial charge in [-0.2, -0.15) is 0 Å². The van der Waals surface area contributed by atoms with Crippen LogP contribution in [0.15, 0.2) is 41.1 Å². The van der Waals surface area contributed by atoms with Crippen molar-refractivity contribution in [2.45, 2.75) is 6.92 Å². The van der Waals surface area contributed by atoms with Crippen LogP contribution in [0.3, 0.4) is 0 Å². The second-order valence-electron chi connectivity index (χ2n) is 3.50. The molecular formula is C13H10BrNO. The fourth-order valence-corrected chi connectivity index (χ4v) is 1.95. The Morgan fingerprint density at radius 1 is 1.19 bits per heavy atom. The predicted octanol–water partition coefficient (Wildman–Crippen LogP) is 3.63. The molecule has 3 heteroatoms. The zero-order valence-electron chi connectivity index (χ0n) is 8.77. The van der Waals surface area contributed by atoms with Crippen LogP contribution in [0.5, 0.6) is 0 Å². The molecule has 1 aromatic heterocycles. The van der Waals surface area contributed by atoms with Crippen LogP contribution in [0, 0.1) is 6.92 Å². The van der Waals surface area contributed by atoms with Gasteiger partial charge in [0.15, 0.2) is 6.29 Å². The Hall–Kier alpha value is -1.48. The molecule has 1 aromatic carbocycles. The number of carbonyl (C=O) groups is 1. The maximum atomic E-state index is 11.0. The minimum atomic E-state index is 0.686. The van der Waals surface area contributed by atoms with Crippen LogP contribution < -0.4 is 0 Å². The molecule has 1 heterocycles. The molecule has 0 saturated carbocycles. The van der Waals surface area contributed by atoms with Crippen LogP contribution in [-0.2, 0) is 0 Å². The third-order valence-corrected chi connectivity index (χ3v) is 3.33. The number of hydrogen-bond acceptors (Lipinski definition) is 2. The van der Waals surface area contributed by atoms with E-state index in [1.54, 1.807) is 12.4 Å². The second kappa shape index (κ2) is 4.58. The number of benzene rings is 1. The molecule has 0 unspecified atom stereocenters. The molecule has 2 aromatic rings. The first-order chi connectivity index (χ1) is 7.74. The average molecular weight is 276 g/mol. The molecule has 0 aliphatic rings. The standard InChI is InChI=1S/C13H10BrNO/c1-9-12(6-15-7-13(9)14)11-5-3-2-4-10(11)8-16/h2-8H,1H3. The topological polar surface area (TPSA) is 30.0 Å². The first-order valence-electron chi connectivity index (χ1n) is 4.88. The number of aromatic nitrogens is 1. The van der Waals surface area contributed by atoms with Crippen molar-refractivity contribution in [2.75, 3.05) is 0 Å². The van der Waals surface area contributed by atoms with E-state index in [0.717, 1.165) is 27.4 Å². The lowest BCUT2D eigenvalue weighted by atomic mass is 9.99. The minimum absolute atomic E-state index is 0.686. The Morgan fingerprint density at radius 2 is 1.94 bits per heavy atom. The summed E-state index contributed by atoms with van der Waals surface area (Å²) in [6, 6.07) is 7.51. The molecule has 16 heavy (non-hydrogen) atoms. The van der Waals surface area contributed by atoms with Crippen molar-refractivity contribution in [3.63, 3.8) is 0 Å². The van der Waals surface area contributed by atoms with Crippen molar-refractivity contribution in [1.29, 1.82) is 0 Å². The van der Waals surface area contributed by atoms with Crippen molar-refractivity contribution in [3.8, 4) is 11.1 Å². The minimum Gasteiger partial charge on any atom is -0.298 e. The molecule has 0 amide bonds. The number of rotatable bonds is 2. The summed E-state index contributed by atoms with van der Waals surface area (Å²) < 4.78 is 0.950. The van der Waals surface area contributed by atoms with Crippen molar-refractivity contribution in [1.82, 2.24) is 4.98 Å². The Kier molecular flexibility index (Phi) is 3.15. The van der Waals surface area contributed by atoms with Gasteiger partial charge in [-0.25, -0.2) is 0 Å². The van der Waals surface area contributed by atoms with Crippen LogP contribution in [0.1, 0.15) is 15.9 Å². The second-order valence-corrected chi connectivity index (χ2v) is 4.35. The first-order valence-corrected chi connectivity index (χ1v) is 5.68. The van der Waals surface area contributed by atoms with Gasteiger partial charge < -0.3 is 0 Å². The fraction of sp³-hybridized carbons (Fsp3) is 0.0769. The van der Waals surface area contributed by atoms with Gasteiger partial charge in [-0.05, 0) is 34.0 Å². The number of nitrogens with zero attached hydrogens (tertiary/aromatic N) is 1. The monoisotopic (exact) mass is 275 g/mol. The molecule has 0 bridgehead atoms. The van der Waals surface area contributed by atoms with Gasteiger partial charge in [0, 0.05) is 28.0 Å². The normalized spacial score (nSPS) is 10.1. The quantitative estimate of drug-likeness (QED) is 0.784. The van der Waals surface area contributed by atoms with E-state index >= 15 is 0 Å². The molecule has 2 rings (SSSR count). The predicted molar refractivity (Wildman–Crippen MR) is 67.5 cm³/mol. The number of aldehydes is 1. The van der Waals surface area contributed by atoms with Crippen LogP contribution in [-0.4, -0.2) is 11.3 Å². The van der Waals surface area contributed by atoms with E-state index in [1.165, 1.54) is 0 Å². The van der Waals surface area contributed by atoms with Gasteiger partial charge in [-0.1, -0.05) is 24.3 Å². The van der Waals surface area contributed by atoms with Crippen LogP contribution in [0.25, 0.3) is 11.1 Å². The summed E-state index contributed by atoms with van der Waals surface area (Å²) in [5, 5.41) is 0. The summed E-state index contributed by atoms with van der Waals surface area (Å²) in [6.45, 7) is 2.00. The first kappa shape index (κ1) is 11.0. The summed E-state index contributed by atoms with van der Waals surface area (Å²) in [6.07, 6.45) is 4.40. The molecule has 0 fully saturated rings. The molecule has 0 N–H and O–H groups in total. The zero-order valence-corrected chi connectivity index (χ0v) is 10.4. The van der Waals surface area contributed by atoms with Gasteiger partial charge in [0.1, 0.15) is 0 Å². The van der Waals surface area contributed by atoms with Crippen molar-refractivity contribution in [2.24, 2.45) is 0 Å². The van der Waals surface area contributed by atoms with Crippen molar-refractivity contribution in [3.05, 3.63) is 52.3 Å². The number of hydrogen-bond donors (Lipinski definition) is 0. The average Bonchev–Trinajstić information content (AvgIpc) is 2.33. The molecule has 0 atom stereocenters. The maximum absolute atomic E-state index is 11.0. The lowest BCUT2D eigenvalue weighted by Gasteiger charge is -2.08. The third kappa shape index (κ3) is 1.91. The molecule has 0 spiro atoms. The van der Waals surface area contributed by atoms with Gasteiger partial charge in [-0.15, -0.1) is 0 Å². The highest BCUT2D eigenvalue weighted by Gasteiger charge is 2.08. The maximum Gasteiger partial charge on any atom is 0.150 e. The highest BCUT2D eigenvalue weighted by Crippen LogP contribution is 2.29. The lowest BCUT2D eigenvalue weighted by molar-refractivity contribution is 0.112. The van der Waals surface area contributed by atoms with E-state index in [4.69, 9.17) is 0 Å². The molecule has 2 nitrogen and oxygen atoms in total. The van der Waals surface area contributed by atoms with Crippen LogP contribution in [0.4, 0.5) is 0 Å². The molecule has 0 aliphatic carbocycles. The molecule has 0 saturated heterocycles. The SMILES string of the molecule is Cc1c(Br)cncc1-c1ccccc1C=O. The summed E-state index contributed by atoms with van der Waals surface area (Å²) in [5.74, 6) is 0. The lowest BCUT2D eigenvalue weighted by Crippen LogP contribution is -1.91. The van der Waals surface area contributed by atoms with Gasteiger partial charge in [0.2, 0.25) is 0 Å². The largest absolute Gasteiger partial charge is 0.298 e. The summed E-state index contributed by atoms with van der Waals surface area (Å²) in [4.78, 5) is 15.1. The molecule has 0 aliphatic heterocycles. The summed E-state index contributed by atoms with van der Waals surface area (Å²) >= 11 is 3.44. The van der Waals surface area contributed by atoms with E-state index in [2.05, 4.69) is 20.9 Å². The zero-order chi connectivity index (χ0) is 11.5. The van der Waals surface area contributed by atoms with E-state index in [9.17, 15) is 4.79 Å². The van der Waals surface area contributed by atoms with Crippen LogP contribution in [0.2, 0.25) is 0 Å². The smallest absolute Gasteiger partial charge is 0.150 e. The van der Waals surface area contributed by atoms with Gasteiger partial charge in [0.25, 0.3) is 0 Å². The van der Waals surface area contributed by atoms with E-state index in [0.29, 0.717) is 5.56 Å². The van der Waals surface area contributed by atoms with E-state index < -0.39 is 0 Å². The number of pyridine rings is 1. The van der Waals surface area contributed by atoms with Gasteiger partial charge in [-0.3, -0.25) is 9.78 Å². The molecule has 0 radical (unpaired) electrons. The highest BCUT2D eigenvalue weighted by atomic mass is 79.9. The highest BCUT2D eigenvalue weighted by molar-refractivity contribution is 9.10. The Labute approximate surface area is 102 Å². The fourth-order valence-electron chi connectivity index (χ4n) is 1.62.